The van der Waals surface area contributed by atoms with Gasteiger partial charge in [0.1, 0.15) is 5.69 Å². The number of para-hydroxylation sites is 2. The van der Waals surface area contributed by atoms with E-state index in [0.717, 1.165) is 33.2 Å². The molecular formula is C21H14ClN5. The van der Waals surface area contributed by atoms with Crippen LogP contribution >= 0.6 is 11.6 Å². The number of rotatable bonds is 1. The van der Waals surface area contributed by atoms with Crippen molar-refractivity contribution in [2.75, 3.05) is 0 Å². The fraction of sp³-hybridized carbons (Fsp3) is 0. The van der Waals surface area contributed by atoms with Crippen LogP contribution in [-0.2, 0) is 0 Å². The van der Waals surface area contributed by atoms with Gasteiger partial charge in [0, 0.05) is 22.2 Å². The van der Waals surface area contributed by atoms with Crippen molar-refractivity contribution in [3.05, 3.63) is 84.0 Å². The maximum atomic E-state index is 6.22. The minimum Gasteiger partial charge on any atom is -0.254 e. The Labute approximate surface area is 159 Å². The van der Waals surface area contributed by atoms with Crippen LogP contribution in [0.25, 0.3) is 38.8 Å². The van der Waals surface area contributed by atoms with Crippen LogP contribution in [0.3, 0.4) is 0 Å². The number of hydrogen-bond donors (Lipinski definition) is 1. The molecule has 130 valence electrons. The number of halogens is 1. The van der Waals surface area contributed by atoms with E-state index in [1.54, 1.807) is 6.20 Å². The highest BCUT2D eigenvalue weighted by molar-refractivity contribution is 6.31. The number of nitrogens with one attached hydrogen (secondary N) is 1. The Morgan fingerprint density at radius 1 is 0.852 bits per heavy atom. The molecule has 5 rings (SSSR count). The first-order chi connectivity index (χ1) is 13.3. The SMILES string of the molecule is Clc1ccc2c(cnc3ccccc3nc3c(-c4ccccc4)n[nH]n32)c1. The molecule has 5 nitrogen and oxygen atoms in total. The third kappa shape index (κ3) is 2.78. The summed E-state index contributed by atoms with van der Waals surface area (Å²) in [7, 11) is 0. The van der Waals surface area contributed by atoms with Gasteiger partial charge in [0.15, 0.2) is 5.65 Å². The number of fused-ring (bicyclic) bond motifs is 4. The predicted molar refractivity (Wildman–Crippen MR) is 108 cm³/mol. The number of H-pyrrole nitrogens is 1. The minimum atomic E-state index is 0.648. The molecule has 6 heteroatoms. The molecule has 0 aliphatic carbocycles. The zero-order valence-electron chi connectivity index (χ0n) is 14.2. The fourth-order valence-corrected chi connectivity index (χ4v) is 3.30. The Hall–Kier alpha value is -3.44. The maximum absolute atomic E-state index is 6.22. The highest BCUT2D eigenvalue weighted by atomic mass is 35.5. The molecule has 0 amide bonds. The quantitative estimate of drug-likeness (QED) is 0.440. The largest absolute Gasteiger partial charge is 0.254 e. The van der Waals surface area contributed by atoms with Crippen molar-refractivity contribution in [3.8, 4) is 11.3 Å². The van der Waals surface area contributed by atoms with Crippen molar-refractivity contribution in [1.82, 2.24) is 24.8 Å². The molecule has 0 spiro atoms. The average molecular weight is 372 g/mol. The summed E-state index contributed by atoms with van der Waals surface area (Å²) in [6.07, 6.45) is 1.81. The molecule has 1 N–H and O–H groups in total. The molecule has 0 saturated heterocycles. The topological polar surface area (TPSA) is 58.9 Å². The molecule has 0 unspecified atom stereocenters. The van der Waals surface area contributed by atoms with E-state index >= 15 is 0 Å². The highest BCUT2D eigenvalue weighted by Crippen LogP contribution is 2.24. The second kappa shape index (κ2) is 6.37. The predicted octanol–water partition coefficient (Wildman–Crippen LogP) is 5.20. The van der Waals surface area contributed by atoms with E-state index < -0.39 is 0 Å². The molecule has 3 aromatic carbocycles. The standard InChI is InChI=1S/C21H14ClN5/c22-16-10-11-19-15(12-16)13-23-17-8-4-5-9-18(17)24-21-20(25-26-27(19)21)14-6-2-1-3-7-14/h1-13,26H. The van der Waals surface area contributed by atoms with Crippen molar-refractivity contribution >= 4 is 39.2 Å². The van der Waals surface area contributed by atoms with Crippen LogP contribution in [0.2, 0.25) is 5.02 Å². The van der Waals surface area contributed by atoms with Gasteiger partial charge in [-0.25, -0.2) is 14.7 Å². The van der Waals surface area contributed by atoms with Crippen LogP contribution < -0.4 is 0 Å². The van der Waals surface area contributed by atoms with Crippen LogP contribution in [-0.4, -0.2) is 24.8 Å². The van der Waals surface area contributed by atoms with E-state index in [9.17, 15) is 0 Å². The molecule has 0 atom stereocenters. The molecule has 0 aliphatic heterocycles. The second-order valence-electron chi connectivity index (χ2n) is 6.15. The van der Waals surface area contributed by atoms with Crippen LogP contribution in [0.4, 0.5) is 0 Å². The number of aromatic nitrogens is 5. The third-order valence-electron chi connectivity index (χ3n) is 4.41. The Balaban J connectivity index is 2.03. The van der Waals surface area contributed by atoms with Gasteiger partial charge in [-0.2, -0.15) is 5.10 Å². The Morgan fingerprint density at radius 2 is 1.63 bits per heavy atom. The summed E-state index contributed by atoms with van der Waals surface area (Å²) in [6, 6.07) is 23.4. The van der Waals surface area contributed by atoms with Gasteiger partial charge >= 0.3 is 0 Å². The number of aromatic amines is 1. The van der Waals surface area contributed by atoms with E-state index in [1.165, 1.54) is 0 Å². The van der Waals surface area contributed by atoms with Gasteiger partial charge in [0.2, 0.25) is 0 Å². The van der Waals surface area contributed by atoms with Gasteiger partial charge in [0.25, 0.3) is 0 Å². The van der Waals surface area contributed by atoms with E-state index in [-0.39, 0.29) is 0 Å². The van der Waals surface area contributed by atoms with Crippen LogP contribution in [0, 0.1) is 0 Å². The van der Waals surface area contributed by atoms with E-state index in [1.807, 2.05) is 77.3 Å². The fourth-order valence-electron chi connectivity index (χ4n) is 3.12. The lowest BCUT2D eigenvalue weighted by Crippen LogP contribution is -1.89. The first-order valence-electron chi connectivity index (χ1n) is 8.50. The summed E-state index contributed by atoms with van der Waals surface area (Å²) in [5.41, 5.74) is 4.91. The lowest BCUT2D eigenvalue weighted by molar-refractivity contribution is 0.880. The van der Waals surface area contributed by atoms with Crippen molar-refractivity contribution in [3.63, 3.8) is 0 Å². The molecule has 2 heterocycles. The normalized spacial score (nSPS) is 11.1. The summed E-state index contributed by atoms with van der Waals surface area (Å²) in [5.74, 6) is 0. The molecule has 27 heavy (non-hydrogen) atoms. The first-order valence-corrected chi connectivity index (χ1v) is 8.88. The van der Waals surface area contributed by atoms with Crippen LogP contribution in [0.1, 0.15) is 0 Å². The molecule has 0 radical (unpaired) electrons. The number of benzene rings is 3. The molecule has 0 bridgehead atoms. The molecule has 0 aliphatic rings. The van der Waals surface area contributed by atoms with E-state index in [4.69, 9.17) is 16.6 Å². The summed E-state index contributed by atoms with van der Waals surface area (Å²) in [6.45, 7) is 0. The average Bonchev–Trinajstić information content (AvgIpc) is 3.12. The molecule has 0 fully saturated rings. The Kier molecular flexibility index (Phi) is 3.73. The third-order valence-corrected chi connectivity index (χ3v) is 4.65. The lowest BCUT2D eigenvalue weighted by Gasteiger charge is -1.98. The Morgan fingerprint density at radius 3 is 2.48 bits per heavy atom. The van der Waals surface area contributed by atoms with Crippen molar-refractivity contribution in [2.45, 2.75) is 0 Å². The van der Waals surface area contributed by atoms with Gasteiger partial charge in [0.05, 0.1) is 16.6 Å². The van der Waals surface area contributed by atoms with Crippen molar-refractivity contribution < 1.29 is 0 Å². The zero-order chi connectivity index (χ0) is 18.2. The van der Waals surface area contributed by atoms with Crippen LogP contribution in [0.15, 0.2) is 79.0 Å². The minimum absolute atomic E-state index is 0.648. The zero-order valence-corrected chi connectivity index (χ0v) is 14.9. The molecule has 0 saturated carbocycles. The molecular weight excluding hydrogens is 358 g/mol. The summed E-state index contributed by atoms with van der Waals surface area (Å²) in [4.78, 5) is 9.53. The Bertz CT molecular complexity index is 1340. The summed E-state index contributed by atoms with van der Waals surface area (Å²) in [5, 5.41) is 9.16. The van der Waals surface area contributed by atoms with Gasteiger partial charge < -0.3 is 0 Å². The van der Waals surface area contributed by atoms with E-state index in [0.29, 0.717) is 10.7 Å². The molecule has 5 aromatic rings. The highest BCUT2D eigenvalue weighted by Gasteiger charge is 2.10. The van der Waals surface area contributed by atoms with E-state index in [2.05, 4.69) is 15.3 Å². The van der Waals surface area contributed by atoms with Gasteiger partial charge in [-0.15, -0.1) is 0 Å². The van der Waals surface area contributed by atoms with Crippen molar-refractivity contribution in [1.29, 1.82) is 0 Å². The number of nitrogens with zero attached hydrogens (tertiary/aromatic N) is 4. The smallest absolute Gasteiger partial charge is 0.182 e. The maximum Gasteiger partial charge on any atom is 0.182 e. The molecule has 2 aromatic heterocycles. The summed E-state index contributed by atoms with van der Waals surface area (Å²) >= 11 is 6.22. The summed E-state index contributed by atoms with van der Waals surface area (Å²) < 4.78 is 1.86. The van der Waals surface area contributed by atoms with Crippen LogP contribution in [0.5, 0.6) is 0 Å². The van der Waals surface area contributed by atoms with Gasteiger partial charge in [-0.3, -0.25) is 4.98 Å². The first kappa shape index (κ1) is 15.8. The monoisotopic (exact) mass is 371 g/mol. The van der Waals surface area contributed by atoms with Gasteiger partial charge in [-0.1, -0.05) is 54.1 Å². The number of hydrogen-bond acceptors (Lipinski definition) is 3. The van der Waals surface area contributed by atoms with Crippen molar-refractivity contribution in [2.24, 2.45) is 0 Å². The second-order valence-corrected chi connectivity index (χ2v) is 6.58. The lowest BCUT2D eigenvalue weighted by atomic mass is 10.1. The van der Waals surface area contributed by atoms with Gasteiger partial charge in [-0.05, 0) is 30.3 Å².